The Kier molecular flexibility index (Phi) is 7.57. The maximum atomic E-state index is 12.8. The Labute approximate surface area is 146 Å². The first-order valence-electron chi connectivity index (χ1n) is 8.78. The molecule has 6 heteroatoms. The van der Waals surface area contributed by atoms with E-state index in [-0.39, 0.29) is 37.2 Å². The lowest BCUT2D eigenvalue weighted by Gasteiger charge is -2.22. The Balaban J connectivity index is 1.59. The molecule has 0 aromatic heterocycles. The van der Waals surface area contributed by atoms with Crippen LogP contribution in [-0.4, -0.2) is 30.3 Å². The molecule has 1 aliphatic rings. The molecule has 1 aromatic carbocycles. The van der Waals surface area contributed by atoms with Gasteiger partial charge in [0.2, 0.25) is 5.91 Å². The van der Waals surface area contributed by atoms with Crippen LogP contribution >= 0.6 is 0 Å². The summed E-state index contributed by atoms with van der Waals surface area (Å²) >= 11 is 0. The number of amides is 1. The molecule has 25 heavy (non-hydrogen) atoms. The van der Waals surface area contributed by atoms with Gasteiger partial charge in [0.1, 0.15) is 5.82 Å². The maximum absolute atomic E-state index is 12.8. The lowest BCUT2D eigenvalue weighted by molar-refractivity contribution is -0.142. The zero-order chi connectivity index (χ0) is 18.1. The number of ketones is 1. The van der Waals surface area contributed by atoms with Crippen LogP contribution < -0.4 is 5.32 Å². The molecule has 0 atom stereocenters. The summed E-state index contributed by atoms with van der Waals surface area (Å²) in [6.45, 7) is -0.376. The Hall–Kier alpha value is -2.24. The molecular weight excluding hydrogens is 325 g/mol. The minimum absolute atomic E-state index is 0.0397. The van der Waals surface area contributed by atoms with Gasteiger partial charge < -0.3 is 10.1 Å². The molecular formula is C19H24FNO4. The molecule has 2 rings (SSSR count). The first kappa shape index (κ1) is 19.1. The second-order valence-corrected chi connectivity index (χ2v) is 6.35. The molecule has 0 heterocycles. The molecule has 1 saturated carbocycles. The van der Waals surface area contributed by atoms with Crippen molar-refractivity contribution >= 4 is 17.7 Å². The van der Waals surface area contributed by atoms with Crippen LogP contribution in [0.15, 0.2) is 24.3 Å². The molecule has 1 aliphatic carbocycles. The zero-order valence-corrected chi connectivity index (χ0v) is 14.3. The maximum Gasteiger partial charge on any atom is 0.306 e. The number of rotatable bonds is 8. The molecule has 1 N–H and O–H groups in total. The number of benzene rings is 1. The molecule has 1 fully saturated rings. The highest BCUT2D eigenvalue weighted by Crippen LogP contribution is 2.17. The van der Waals surface area contributed by atoms with Crippen LogP contribution in [0.1, 0.15) is 61.7 Å². The normalized spacial score (nSPS) is 14.8. The Bertz CT molecular complexity index is 594. The number of hydrogen-bond donors (Lipinski definition) is 1. The van der Waals surface area contributed by atoms with Gasteiger partial charge in [-0.05, 0) is 43.5 Å². The van der Waals surface area contributed by atoms with Crippen LogP contribution in [0.3, 0.4) is 0 Å². The van der Waals surface area contributed by atoms with Gasteiger partial charge in [-0.2, -0.15) is 0 Å². The third-order valence-electron chi connectivity index (χ3n) is 4.29. The molecule has 0 bridgehead atoms. The van der Waals surface area contributed by atoms with Crippen LogP contribution in [0.25, 0.3) is 0 Å². The predicted octanol–water partition coefficient (Wildman–Crippen LogP) is 3.17. The third-order valence-corrected chi connectivity index (χ3v) is 4.29. The Morgan fingerprint density at radius 2 is 1.72 bits per heavy atom. The van der Waals surface area contributed by atoms with E-state index >= 15 is 0 Å². The van der Waals surface area contributed by atoms with E-state index in [0.717, 1.165) is 25.7 Å². The summed E-state index contributed by atoms with van der Waals surface area (Å²) in [4.78, 5) is 35.3. The summed E-state index contributed by atoms with van der Waals surface area (Å²) in [7, 11) is 0. The number of halogens is 1. The van der Waals surface area contributed by atoms with Crippen molar-refractivity contribution in [2.24, 2.45) is 0 Å². The van der Waals surface area contributed by atoms with Crippen molar-refractivity contribution in [2.45, 2.75) is 57.4 Å². The SMILES string of the molecule is O=C(CCCC(=O)OCC(=O)c1ccc(F)cc1)NC1CCCCC1. The van der Waals surface area contributed by atoms with Crippen LogP contribution in [0.4, 0.5) is 4.39 Å². The molecule has 0 unspecified atom stereocenters. The molecule has 0 spiro atoms. The first-order valence-corrected chi connectivity index (χ1v) is 8.78. The average Bonchev–Trinajstić information content (AvgIpc) is 2.61. The topological polar surface area (TPSA) is 72.5 Å². The number of carbonyl (C=O) groups excluding carboxylic acids is 3. The highest BCUT2D eigenvalue weighted by atomic mass is 19.1. The van der Waals surface area contributed by atoms with E-state index in [1.54, 1.807) is 0 Å². The zero-order valence-electron chi connectivity index (χ0n) is 14.3. The van der Waals surface area contributed by atoms with Gasteiger partial charge in [0.05, 0.1) is 0 Å². The van der Waals surface area contributed by atoms with E-state index in [4.69, 9.17) is 4.74 Å². The van der Waals surface area contributed by atoms with Gasteiger partial charge in [0.15, 0.2) is 12.4 Å². The van der Waals surface area contributed by atoms with Crippen molar-refractivity contribution in [3.05, 3.63) is 35.6 Å². The van der Waals surface area contributed by atoms with Gasteiger partial charge in [-0.15, -0.1) is 0 Å². The van der Waals surface area contributed by atoms with Gasteiger partial charge in [0, 0.05) is 24.4 Å². The number of Topliss-reactive ketones (excluding diaryl/α,β-unsaturated/α-hetero) is 1. The summed E-state index contributed by atoms with van der Waals surface area (Å²) in [6, 6.07) is 5.32. The molecule has 0 radical (unpaired) electrons. The summed E-state index contributed by atoms with van der Waals surface area (Å²) in [6.07, 6.45) is 6.35. The second-order valence-electron chi connectivity index (χ2n) is 6.35. The fourth-order valence-electron chi connectivity index (χ4n) is 2.88. The van der Waals surface area contributed by atoms with Crippen LogP contribution in [0, 0.1) is 5.82 Å². The first-order chi connectivity index (χ1) is 12.0. The van der Waals surface area contributed by atoms with Gasteiger partial charge in [0.25, 0.3) is 0 Å². The summed E-state index contributed by atoms with van der Waals surface area (Å²) in [5.74, 6) is -1.37. The smallest absolute Gasteiger partial charge is 0.306 e. The fourth-order valence-corrected chi connectivity index (χ4v) is 2.88. The Morgan fingerprint density at radius 1 is 1.04 bits per heavy atom. The van der Waals surface area contributed by atoms with E-state index in [0.29, 0.717) is 12.0 Å². The fraction of sp³-hybridized carbons (Fsp3) is 0.526. The van der Waals surface area contributed by atoms with Gasteiger partial charge >= 0.3 is 5.97 Å². The van der Waals surface area contributed by atoms with Crippen LogP contribution in [-0.2, 0) is 14.3 Å². The number of hydrogen-bond acceptors (Lipinski definition) is 4. The molecule has 0 aliphatic heterocycles. The monoisotopic (exact) mass is 349 g/mol. The largest absolute Gasteiger partial charge is 0.457 e. The van der Waals surface area contributed by atoms with Gasteiger partial charge in [-0.3, -0.25) is 14.4 Å². The lowest BCUT2D eigenvalue weighted by atomic mass is 9.95. The molecule has 136 valence electrons. The van der Waals surface area contributed by atoms with E-state index in [9.17, 15) is 18.8 Å². The van der Waals surface area contributed by atoms with E-state index in [1.807, 2.05) is 0 Å². The standard InChI is InChI=1S/C19H24FNO4/c20-15-11-9-14(10-12-15)17(22)13-25-19(24)8-4-7-18(23)21-16-5-2-1-3-6-16/h9-12,16H,1-8,13H2,(H,21,23). The molecule has 0 saturated heterocycles. The van der Waals surface area contributed by atoms with E-state index < -0.39 is 11.8 Å². The average molecular weight is 349 g/mol. The third kappa shape index (κ3) is 7.03. The van der Waals surface area contributed by atoms with Crippen molar-refractivity contribution in [2.75, 3.05) is 6.61 Å². The van der Waals surface area contributed by atoms with Crippen molar-refractivity contribution < 1.29 is 23.5 Å². The number of carbonyl (C=O) groups is 3. The van der Waals surface area contributed by atoms with Gasteiger partial charge in [-0.25, -0.2) is 4.39 Å². The number of esters is 1. The Morgan fingerprint density at radius 3 is 2.40 bits per heavy atom. The lowest BCUT2D eigenvalue weighted by Crippen LogP contribution is -2.36. The number of nitrogens with one attached hydrogen (secondary N) is 1. The minimum atomic E-state index is -0.513. The van der Waals surface area contributed by atoms with Crippen molar-refractivity contribution in [1.82, 2.24) is 5.32 Å². The highest BCUT2D eigenvalue weighted by Gasteiger charge is 2.16. The van der Waals surface area contributed by atoms with Crippen molar-refractivity contribution in [1.29, 1.82) is 0 Å². The summed E-state index contributed by atoms with van der Waals surface area (Å²) < 4.78 is 17.7. The minimum Gasteiger partial charge on any atom is -0.457 e. The second kappa shape index (κ2) is 9.91. The molecule has 1 amide bonds. The van der Waals surface area contributed by atoms with E-state index in [1.165, 1.54) is 30.7 Å². The van der Waals surface area contributed by atoms with E-state index in [2.05, 4.69) is 5.32 Å². The van der Waals surface area contributed by atoms with Crippen molar-refractivity contribution in [3.63, 3.8) is 0 Å². The highest BCUT2D eigenvalue weighted by molar-refractivity contribution is 5.97. The molecule has 5 nitrogen and oxygen atoms in total. The summed E-state index contributed by atoms with van der Waals surface area (Å²) in [5, 5.41) is 2.99. The molecule has 1 aromatic rings. The van der Waals surface area contributed by atoms with Gasteiger partial charge in [-0.1, -0.05) is 19.3 Å². The number of ether oxygens (including phenoxy) is 1. The quantitative estimate of drug-likeness (QED) is 0.578. The summed E-state index contributed by atoms with van der Waals surface area (Å²) in [5.41, 5.74) is 0.293. The van der Waals surface area contributed by atoms with Crippen LogP contribution in [0.5, 0.6) is 0 Å². The predicted molar refractivity (Wildman–Crippen MR) is 90.6 cm³/mol. The van der Waals surface area contributed by atoms with Crippen LogP contribution in [0.2, 0.25) is 0 Å². The van der Waals surface area contributed by atoms with Crippen molar-refractivity contribution in [3.8, 4) is 0 Å².